The van der Waals surface area contributed by atoms with Gasteiger partial charge < -0.3 is 19.3 Å². The lowest BCUT2D eigenvalue weighted by Crippen LogP contribution is -2.29. The average molecular weight is 755 g/mol. The van der Waals surface area contributed by atoms with Gasteiger partial charge >= 0.3 is 19.8 Å². The largest absolute Gasteiger partial charge is 0.469 e. The molecule has 8 nitrogen and oxygen atoms in total. The number of esters is 2. The minimum absolute atomic E-state index is 0.207. The quantitative estimate of drug-likeness (QED) is 0.0275. The number of allylic oxidation sites excluding steroid dienone is 6. The number of carbonyl (C=O) groups is 2. The number of rotatable bonds is 39. The molecule has 0 aromatic heterocycles. The van der Waals surface area contributed by atoms with Crippen molar-refractivity contribution in [3.05, 3.63) is 36.5 Å². The third-order valence-corrected chi connectivity index (χ3v) is 9.65. The van der Waals surface area contributed by atoms with Gasteiger partial charge in [-0.1, -0.05) is 179 Å². The smallest absolute Gasteiger partial charge is 0.462 e. The Labute approximate surface area is 319 Å². The maximum absolute atomic E-state index is 12.4. The minimum atomic E-state index is -4.76. The SMILES string of the molecule is CCCCC/C=C/C/C=C/C/C=C/CCCCC(=O)OC[C@H](COP(=O)(O)O)OC(=O)CCCCCCCCCCCCCCCCCCCCC. The lowest BCUT2D eigenvalue weighted by molar-refractivity contribution is -0.161. The Morgan fingerprint density at radius 2 is 0.865 bits per heavy atom. The van der Waals surface area contributed by atoms with Crippen molar-refractivity contribution in [1.82, 2.24) is 0 Å². The summed E-state index contributed by atoms with van der Waals surface area (Å²) >= 11 is 0. The lowest BCUT2D eigenvalue weighted by atomic mass is 10.0. The van der Waals surface area contributed by atoms with E-state index in [4.69, 9.17) is 19.3 Å². The first-order chi connectivity index (χ1) is 25.3. The van der Waals surface area contributed by atoms with Crippen LogP contribution in [0.1, 0.15) is 206 Å². The Hall–Kier alpha value is -1.73. The second-order valence-electron chi connectivity index (χ2n) is 14.3. The maximum atomic E-state index is 12.4. The Morgan fingerprint density at radius 1 is 0.500 bits per heavy atom. The molecule has 0 aliphatic heterocycles. The molecule has 9 heteroatoms. The second-order valence-corrected chi connectivity index (χ2v) is 15.6. The van der Waals surface area contributed by atoms with E-state index in [-0.39, 0.29) is 19.4 Å². The second kappa shape index (κ2) is 39.0. The van der Waals surface area contributed by atoms with E-state index in [0.717, 1.165) is 51.4 Å². The predicted molar refractivity (Wildman–Crippen MR) is 216 cm³/mol. The molecule has 0 aromatic rings. The van der Waals surface area contributed by atoms with Gasteiger partial charge in [-0.3, -0.25) is 14.1 Å². The molecule has 0 unspecified atom stereocenters. The molecule has 0 radical (unpaired) electrons. The van der Waals surface area contributed by atoms with Gasteiger partial charge in [0.1, 0.15) is 6.61 Å². The van der Waals surface area contributed by atoms with E-state index in [2.05, 4.69) is 54.8 Å². The number of phosphoric ester groups is 1. The summed E-state index contributed by atoms with van der Waals surface area (Å²) in [6.07, 6.45) is 45.8. The van der Waals surface area contributed by atoms with Crippen LogP contribution in [-0.4, -0.2) is 41.0 Å². The summed E-state index contributed by atoms with van der Waals surface area (Å²) in [7, 11) is -4.76. The molecule has 0 rings (SSSR count). The number of carbonyl (C=O) groups excluding carboxylic acids is 2. The van der Waals surface area contributed by atoms with E-state index in [1.165, 1.54) is 116 Å². The van der Waals surface area contributed by atoms with Crippen LogP contribution in [0.25, 0.3) is 0 Å². The van der Waals surface area contributed by atoms with Crippen LogP contribution in [0, 0.1) is 0 Å². The molecule has 304 valence electrons. The van der Waals surface area contributed by atoms with Crippen molar-refractivity contribution in [2.75, 3.05) is 13.2 Å². The number of hydrogen-bond acceptors (Lipinski definition) is 6. The summed E-state index contributed by atoms with van der Waals surface area (Å²) in [5.74, 6) is -0.923. The van der Waals surface area contributed by atoms with Crippen LogP contribution in [0.4, 0.5) is 0 Å². The minimum Gasteiger partial charge on any atom is -0.462 e. The van der Waals surface area contributed by atoms with Gasteiger partial charge in [-0.25, -0.2) is 4.57 Å². The Morgan fingerprint density at radius 3 is 1.33 bits per heavy atom. The molecule has 0 spiro atoms. The molecule has 0 bridgehead atoms. The van der Waals surface area contributed by atoms with Crippen molar-refractivity contribution in [2.45, 2.75) is 213 Å². The molecule has 0 amide bonds. The topological polar surface area (TPSA) is 119 Å². The first kappa shape index (κ1) is 50.3. The summed E-state index contributed by atoms with van der Waals surface area (Å²) in [5, 5.41) is 0. The van der Waals surface area contributed by atoms with E-state index in [1.807, 2.05) is 0 Å². The summed E-state index contributed by atoms with van der Waals surface area (Å²) in [4.78, 5) is 42.8. The molecule has 0 aliphatic rings. The molecule has 0 fully saturated rings. The summed E-state index contributed by atoms with van der Waals surface area (Å²) in [6.45, 7) is 3.64. The van der Waals surface area contributed by atoms with Crippen LogP contribution in [0.2, 0.25) is 0 Å². The lowest BCUT2D eigenvalue weighted by Gasteiger charge is -2.18. The van der Waals surface area contributed by atoms with Crippen molar-refractivity contribution < 1.29 is 37.9 Å². The molecule has 52 heavy (non-hydrogen) atoms. The fraction of sp³-hybridized carbons (Fsp3) is 0.814. The maximum Gasteiger partial charge on any atom is 0.469 e. The first-order valence-corrected chi connectivity index (χ1v) is 22.8. The first-order valence-electron chi connectivity index (χ1n) is 21.3. The Balaban J connectivity index is 3.93. The molecule has 0 aromatic carbocycles. The van der Waals surface area contributed by atoms with Crippen LogP contribution in [-0.2, 0) is 28.2 Å². The van der Waals surface area contributed by atoms with Gasteiger partial charge in [0.05, 0.1) is 6.61 Å². The zero-order chi connectivity index (χ0) is 38.2. The van der Waals surface area contributed by atoms with E-state index in [1.54, 1.807) is 0 Å². The van der Waals surface area contributed by atoms with Crippen LogP contribution in [0.3, 0.4) is 0 Å². The highest BCUT2D eigenvalue weighted by molar-refractivity contribution is 7.46. The highest BCUT2D eigenvalue weighted by Crippen LogP contribution is 2.36. The van der Waals surface area contributed by atoms with Crippen molar-refractivity contribution in [1.29, 1.82) is 0 Å². The number of phosphoric acid groups is 1. The van der Waals surface area contributed by atoms with Gasteiger partial charge in [0.15, 0.2) is 6.10 Å². The van der Waals surface area contributed by atoms with E-state index in [9.17, 15) is 14.2 Å². The molecule has 1 atom stereocenters. The highest BCUT2D eigenvalue weighted by atomic mass is 31.2. The number of unbranched alkanes of at least 4 members (excludes halogenated alkanes) is 23. The monoisotopic (exact) mass is 755 g/mol. The molecule has 2 N–H and O–H groups in total. The third-order valence-electron chi connectivity index (χ3n) is 9.16. The molecular formula is C43H79O8P. The zero-order valence-corrected chi connectivity index (χ0v) is 34.4. The van der Waals surface area contributed by atoms with Gasteiger partial charge in [0, 0.05) is 12.8 Å². The molecule has 0 heterocycles. The third kappa shape index (κ3) is 41.0. The van der Waals surface area contributed by atoms with Crippen molar-refractivity contribution in [3.8, 4) is 0 Å². The normalized spacial score (nSPS) is 12.8. The average Bonchev–Trinajstić information content (AvgIpc) is 3.11. The van der Waals surface area contributed by atoms with Gasteiger partial charge in [-0.05, 0) is 51.4 Å². The molecular weight excluding hydrogens is 675 g/mol. The van der Waals surface area contributed by atoms with Gasteiger partial charge in [-0.15, -0.1) is 0 Å². The van der Waals surface area contributed by atoms with Crippen LogP contribution in [0.15, 0.2) is 36.5 Å². The van der Waals surface area contributed by atoms with E-state index >= 15 is 0 Å². The van der Waals surface area contributed by atoms with Crippen LogP contribution >= 0.6 is 7.82 Å². The predicted octanol–water partition coefficient (Wildman–Crippen LogP) is 13.0. The molecule has 0 aliphatic carbocycles. The standard InChI is InChI=1S/C43H79O8P/c1-3-5-7-9-11-13-15-17-19-20-21-22-24-26-28-30-32-34-36-38-43(45)51-41(40-50-52(46,47)48)39-49-42(44)37-35-33-31-29-27-25-23-18-16-14-12-10-8-6-4-2/h12,14,18,23,27,29,41H,3-11,13,15-17,19-22,24-26,28,30-40H2,1-2H3,(H2,46,47,48)/b14-12+,23-18+,29-27+/t41-/m1/s1. The van der Waals surface area contributed by atoms with Crippen LogP contribution in [0.5, 0.6) is 0 Å². The van der Waals surface area contributed by atoms with Gasteiger partial charge in [-0.2, -0.15) is 0 Å². The van der Waals surface area contributed by atoms with E-state index in [0.29, 0.717) is 12.8 Å². The Kier molecular flexibility index (Phi) is 37.7. The van der Waals surface area contributed by atoms with Crippen molar-refractivity contribution >= 4 is 19.8 Å². The summed E-state index contributed by atoms with van der Waals surface area (Å²) < 4.78 is 26.4. The molecule has 0 saturated carbocycles. The van der Waals surface area contributed by atoms with Gasteiger partial charge in [0.25, 0.3) is 0 Å². The van der Waals surface area contributed by atoms with Gasteiger partial charge in [0.2, 0.25) is 0 Å². The van der Waals surface area contributed by atoms with Crippen molar-refractivity contribution in [2.24, 2.45) is 0 Å². The molecule has 0 saturated heterocycles. The fourth-order valence-electron chi connectivity index (χ4n) is 5.97. The number of hydrogen-bond donors (Lipinski definition) is 2. The zero-order valence-electron chi connectivity index (χ0n) is 33.5. The van der Waals surface area contributed by atoms with Crippen LogP contribution < -0.4 is 0 Å². The summed E-state index contributed by atoms with van der Waals surface area (Å²) in [5.41, 5.74) is 0. The Bertz CT molecular complexity index is 941. The fourth-order valence-corrected chi connectivity index (χ4v) is 6.33. The number of ether oxygens (including phenoxy) is 2. The van der Waals surface area contributed by atoms with Crippen molar-refractivity contribution in [3.63, 3.8) is 0 Å². The summed E-state index contributed by atoms with van der Waals surface area (Å²) in [6, 6.07) is 0. The highest BCUT2D eigenvalue weighted by Gasteiger charge is 2.22. The van der Waals surface area contributed by atoms with E-state index < -0.39 is 32.5 Å².